The van der Waals surface area contributed by atoms with E-state index in [1.807, 2.05) is 29.2 Å². The van der Waals surface area contributed by atoms with E-state index < -0.39 is 6.04 Å². The van der Waals surface area contributed by atoms with Crippen LogP contribution in [0.15, 0.2) is 54.9 Å². The van der Waals surface area contributed by atoms with E-state index >= 15 is 0 Å². The fourth-order valence-corrected chi connectivity index (χ4v) is 3.31. The lowest BCUT2D eigenvalue weighted by Crippen LogP contribution is -2.43. The van der Waals surface area contributed by atoms with Crippen LogP contribution in [0.5, 0.6) is 0 Å². The van der Waals surface area contributed by atoms with Crippen LogP contribution in [0.4, 0.5) is 10.1 Å². The van der Waals surface area contributed by atoms with Crippen molar-refractivity contribution in [1.29, 1.82) is 0 Å². The van der Waals surface area contributed by atoms with Gasteiger partial charge < -0.3 is 10.1 Å². The van der Waals surface area contributed by atoms with Gasteiger partial charge in [-0.2, -0.15) is 5.10 Å². The molecule has 0 radical (unpaired) electrons. The predicted molar refractivity (Wildman–Crippen MR) is 102 cm³/mol. The van der Waals surface area contributed by atoms with Crippen LogP contribution in [0.1, 0.15) is 11.6 Å². The second-order valence-corrected chi connectivity index (χ2v) is 6.51. The van der Waals surface area contributed by atoms with E-state index in [9.17, 15) is 9.18 Å². The summed E-state index contributed by atoms with van der Waals surface area (Å²) in [5.74, 6) is 0.118. The van der Waals surface area contributed by atoms with Crippen molar-refractivity contribution in [3.8, 4) is 11.4 Å². The topological polar surface area (TPSA) is 83.1 Å². The van der Waals surface area contributed by atoms with Gasteiger partial charge in [-0.15, -0.1) is 0 Å². The normalized spacial score (nSPS) is 15.9. The smallest absolute Gasteiger partial charge is 0.246 e. The number of carbonyl (C=O) groups is 1. The number of aromatic nitrogens is 3. The number of ether oxygens (including phenoxy) is 1. The molecule has 0 saturated carbocycles. The van der Waals surface area contributed by atoms with Crippen LogP contribution in [0.3, 0.4) is 0 Å². The second kappa shape index (κ2) is 8.28. The Hall–Kier alpha value is -3.10. The molecule has 0 aliphatic carbocycles. The van der Waals surface area contributed by atoms with Crippen LogP contribution in [0.2, 0.25) is 0 Å². The zero-order valence-corrected chi connectivity index (χ0v) is 15.1. The molecule has 0 spiro atoms. The molecule has 0 unspecified atom stereocenters. The number of halogens is 1. The minimum Gasteiger partial charge on any atom is -0.379 e. The fraction of sp³-hybridized carbons (Fsp3) is 0.250. The molecule has 7 nitrogen and oxygen atoms in total. The number of nitrogens with zero attached hydrogens (tertiary/aromatic N) is 3. The Morgan fingerprint density at radius 3 is 2.68 bits per heavy atom. The fourth-order valence-electron chi connectivity index (χ4n) is 3.31. The molecule has 144 valence electrons. The molecule has 2 aromatic carbocycles. The molecule has 8 heteroatoms. The number of nitrogens with one attached hydrogen (secondary N) is 2. The van der Waals surface area contributed by atoms with E-state index in [-0.39, 0.29) is 11.7 Å². The number of amides is 1. The number of hydrogen-bond acceptors (Lipinski definition) is 5. The van der Waals surface area contributed by atoms with E-state index in [0.29, 0.717) is 37.8 Å². The average molecular weight is 381 g/mol. The van der Waals surface area contributed by atoms with Gasteiger partial charge >= 0.3 is 0 Å². The summed E-state index contributed by atoms with van der Waals surface area (Å²) in [7, 11) is 0. The first-order chi connectivity index (χ1) is 13.7. The molecule has 1 aliphatic heterocycles. The Balaban J connectivity index is 1.58. The van der Waals surface area contributed by atoms with E-state index in [0.717, 1.165) is 11.1 Å². The Labute approximate surface area is 161 Å². The van der Waals surface area contributed by atoms with Gasteiger partial charge in [0, 0.05) is 24.3 Å². The van der Waals surface area contributed by atoms with Crippen LogP contribution in [0, 0.1) is 5.82 Å². The Bertz CT molecular complexity index is 924. The molecule has 4 rings (SSSR count). The van der Waals surface area contributed by atoms with Crippen molar-refractivity contribution < 1.29 is 13.9 Å². The standard InChI is InChI=1S/C20H20FN5O2/c21-16-6-4-14(5-7-16)18(26-8-10-28-11-9-26)20(27)24-17-3-1-2-15(12-17)19-22-13-23-25-19/h1-7,12-13,18H,8-11H2,(H,24,27)(H,22,23,25)/t18-/m1/s1. The van der Waals surface area contributed by atoms with Gasteiger partial charge in [0.25, 0.3) is 0 Å². The lowest BCUT2D eigenvalue weighted by Gasteiger charge is -2.33. The molecule has 1 amide bonds. The van der Waals surface area contributed by atoms with E-state index in [2.05, 4.69) is 20.5 Å². The van der Waals surface area contributed by atoms with Gasteiger partial charge in [-0.25, -0.2) is 9.37 Å². The summed E-state index contributed by atoms with van der Waals surface area (Å²) in [5, 5.41) is 9.64. The Morgan fingerprint density at radius 1 is 1.18 bits per heavy atom. The highest BCUT2D eigenvalue weighted by atomic mass is 19.1. The number of rotatable bonds is 5. The highest BCUT2D eigenvalue weighted by molar-refractivity contribution is 5.96. The molecular weight excluding hydrogens is 361 g/mol. The minimum atomic E-state index is -0.529. The number of morpholine rings is 1. The first-order valence-electron chi connectivity index (χ1n) is 9.04. The highest BCUT2D eigenvalue weighted by Gasteiger charge is 2.29. The zero-order valence-electron chi connectivity index (χ0n) is 15.1. The Kier molecular flexibility index (Phi) is 5.41. The third-order valence-corrected chi connectivity index (χ3v) is 4.66. The summed E-state index contributed by atoms with van der Waals surface area (Å²) in [4.78, 5) is 19.4. The van der Waals surface area contributed by atoms with Crippen LogP contribution >= 0.6 is 0 Å². The first kappa shape index (κ1) is 18.3. The quantitative estimate of drug-likeness (QED) is 0.710. The highest BCUT2D eigenvalue weighted by Crippen LogP contribution is 2.25. The third kappa shape index (κ3) is 4.08. The number of H-pyrrole nitrogens is 1. The average Bonchev–Trinajstić information content (AvgIpc) is 3.26. The maximum Gasteiger partial charge on any atom is 0.246 e. The van der Waals surface area contributed by atoms with Crippen LogP contribution < -0.4 is 5.32 Å². The maximum absolute atomic E-state index is 13.4. The summed E-state index contributed by atoms with van der Waals surface area (Å²) in [6.07, 6.45) is 1.43. The van der Waals surface area contributed by atoms with Crippen molar-refractivity contribution in [3.63, 3.8) is 0 Å². The van der Waals surface area contributed by atoms with E-state index in [4.69, 9.17) is 4.74 Å². The number of anilines is 1. The van der Waals surface area contributed by atoms with Gasteiger partial charge in [-0.1, -0.05) is 24.3 Å². The third-order valence-electron chi connectivity index (χ3n) is 4.66. The van der Waals surface area contributed by atoms with Crippen LogP contribution in [-0.2, 0) is 9.53 Å². The van der Waals surface area contributed by atoms with Crippen molar-refractivity contribution >= 4 is 11.6 Å². The molecule has 2 heterocycles. The summed E-state index contributed by atoms with van der Waals surface area (Å²) < 4.78 is 18.8. The lowest BCUT2D eigenvalue weighted by atomic mass is 10.0. The van der Waals surface area contributed by atoms with Gasteiger partial charge in [0.05, 0.1) is 13.2 Å². The van der Waals surface area contributed by atoms with Gasteiger partial charge in [0.1, 0.15) is 18.2 Å². The molecule has 1 aliphatic rings. The predicted octanol–water partition coefficient (Wildman–Crippen LogP) is 2.62. The molecule has 1 aromatic heterocycles. The maximum atomic E-state index is 13.4. The minimum absolute atomic E-state index is 0.178. The molecule has 28 heavy (non-hydrogen) atoms. The second-order valence-electron chi connectivity index (χ2n) is 6.51. The van der Waals surface area contributed by atoms with Crippen LogP contribution in [0.25, 0.3) is 11.4 Å². The SMILES string of the molecule is O=C(Nc1cccc(-c2ncn[nH]2)c1)[C@@H](c1ccc(F)cc1)N1CCOCC1. The van der Waals surface area contributed by atoms with Gasteiger partial charge in [0.15, 0.2) is 5.82 Å². The number of carbonyl (C=O) groups excluding carboxylic acids is 1. The molecule has 1 fully saturated rings. The van der Waals surface area contributed by atoms with Gasteiger partial charge in [0.2, 0.25) is 5.91 Å². The molecule has 3 aromatic rings. The summed E-state index contributed by atoms with van der Waals surface area (Å²) in [5.41, 5.74) is 2.21. The van der Waals surface area contributed by atoms with E-state index in [1.54, 1.807) is 12.1 Å². The van der Waals surface area contributed by atoms with Crippen molar-refractivity contribution in [1.82, 2.24) is 20.1 Å². The monoisotopic (exact) mass is 381 g/mol. The number of hydrogen-bond donors (Lipinski definition) is 2. The van der Waals surface area contributed by atoms with Crippen molar-refractivity contribution in [3.05, 3.63) is 66.2 Å². The molecule has 1 atom stereocenters. The summed E-state index contributed by atoms with van der Waals surface area (Å²) >= 11 is 0. The lowest BCUT2D eigenvalue weighted by molar-refractivity contribution is -0.123. The van der Waals surface area contributed by atoms with Gasteiger partial charge in [-0.3, -0.25) is 14.8 Å². The summed E-state index contributed by atoms with van der Waals surface area (Å²) in [6.45, 7) is 2.39. The van der Waals surface area contributed by atoms with Crippen molar-refractivity contribution in [2.24, 2.45) is 0 Å². The van der Waals surface area contributed by atoms with Crippen molar-refractivity contribution in [2.45, 2.75) is 6.04 Å². The molecule has 0 bridgehead atoms. The first-order valence-corrected chi connectivity index (χ1v) is 9.04. The number of aromatic amines is 1. The zero-order chi connectivity index (χ0) is 19.3. The summed E-state index contributed by atoms with van der Waals surface area (Å²) in [6, 6.07) is 12.9. The van der Waals surface area contributed by atoms with E-state index in [1.165, 1.54) is 18.5 Å². The van der Waals surface area contributed by atoms with Crippen molar-refractivity contribution in [2.75, 3.05) is 31.6 Å². The molecular formula is C20H20FN5O2. The number of benzene rings is 2. The Morgan fingerprint density at radius 2 is 1.96 bits per heavy atom. The molecule has 1 saturated heterocycles. The largest absolute Gasteiger partial charge is 0.379 e. The molecule has 2 N–H and O–H groups in total. The van der Waals surface area contributed by atoms with Gasteiger partial charge in [-0.05, 0) is 29.8 Å². The van der Waals surface area contributed by atoms with Crippen LogP contribution in [-0.4, -0.2) is 52.3 Å².